The van der Waals surface area contributed by atoms with E-state index in [0.717, 1.165) is 24.6 Å². The molecule has 19 heavy (non-hydrogen) atoms. The molecule has 0 radical (unpaired) electrons. The number of rotatable bonds is 6. The number of anilines is 2. The third-order valence-electron chi connectivity index (χ3n) is 3.20. The molecular formula is C14H26N4O. The number of ether oxygens (including phenoxy) is 1. The van der Waals surface area contributed by atoms with E-state index in [-0.39, 0.29) is 11.5 Å². The molecule has 0 saturated heterocycles. The van der Waals surface area contributed by atoms with E-state index in [4.69, 9.17) is 4.74 Å². The summed E-state index contributed by atoms with van der Waals surface area (Å²) in [7, 11) is 1.64. The summed E-state index contributed by atoms with van der Waals surface area (Å²) in [6, 6.07) is 0.273. The topological polar surface area (TPSA) is 59.1 Å². The standard InChI is InChI=1S/C14H26N4O/c1-7-8-15-12-11(19-6)13(17-9-16-12)18-10(2)14(3,4)5/h9-10H,7-8H2,1-6H3,(H2,15,16,17,18). The number of hydrogen-bond acceptors (Lipinski definition) is 5. The first-order valence-corrected chi connectivity index (χ1v) is 6.79. The number of methoxy groups -OCH3 is 1. The summed E-state index contributed by atoms with van der Waals surface area (Å²) in [6.45, 7) is 11.7. The average molecular weight is 266 g/mol. The Labute approximate surface area is 116 Å². The van der Waals surface area contributed by atoms with E-state index in [1.165, 1.54) is 0 Å². The highest BCUT2D eigenvalue weighted by Crippen LogP contribution is 2.31. The molecule has 2 N–H and O–H groups in total. The summed E-state index contributed by atoms with van der Waals surface area (Å²) < 4.78 is 5.44. The Kier molecular flexibility index (Phi) is 5.39. The van der Waals surface area contributed by atoms with E-state index in [1.807, 2.05) is 0 Å². The van der Waals surface area contributed by atoms with Crippen molar-refractivity contribution in [3.63, 3.8) is 0 Å². The zero-order chi connectivity index (χ0) is 14.5. The van der Waals surface area contributed by atoms with Crippen LogP contribution in [0.5, 0.6) is 5.75 Å². The van der Waals surface area contributed by atoms with Gasteiger partial charge in [0.1, 0.15) is 6.33 Å². The van der Waals surface area contributed by atoms with Crippen LogP contribution in [0.3, 0.4) is 0 Å². The van der Waals surface area contributed by atoms with Crippen LogP contribution in [0.4, 0.5) is 11.6 Å². The minimum absolute atomic E-state index is 0.146. The Morgan fingerprint density at radius 2 is 1.89 bits per heavy atom. The van der Waals surface area contributed by atoms with Crippen LogP contribution < -0.4 is 15.4 Å². The fraction of sp³-hybridized carbons (Fsp3) is 0.714. The van der Waals surface area contributed by atoms with Crippen molar-refractivity contribution in [2.24, 2.45) is 5.41 Å². The summed E-state index contributed by atoms with van der Waals surface area (Å²) in [5.74, 6) is 2.15. The predicted molar refractivity (Wildman–Crippen MR) is 79.9 cm³/mol. The Bertz CT molecular complexity index is 401. The molecule has 5 heteroatoms. The lowest BCUT2D eigenvalue weighted by Gasteiger charge is -2.29. The molecule has 0 saturated carbocycles. The quantitative estimate of drug-likeness (QED) is 0.828. The maximum Gasteiger partial charge on any atom is 0.204 e. The normalized spacial score (nSPS) is 12.9. The maximum atomic E-state index is 5.44. The third kappa shape index (κ3) is 4.26. The maximum absolute atomic E-state index is 5.44. The molecule has 0 spiro atoms. The van der Waals surface area contributed by atoms with Crippen LogP contribution in [0, 0.1) is 5.41 Å². The second-order valence-electron chi connectivity index (χ2n) is 5.76. The lowest BCUT2D eigenvalue weighted by molar-refractivity contribution is 0.355. The first kappa shape index (κ1) is 15.5. The lowest BCUT2D eigenvalue weighted by atomic mass is 9.88. The van der Waals surface area contributed by atoms with Gasteiger partial charge in [0, 0.05) is 12.6 Å². The molecule has 108 valence electrons. The summed E-state index contributed by atoms with van der Waals surface area (Å²) in [5, 5.41) is 6.65. The van der Waals surface area contributed by atoms with E-state index in [0.29, 0.717) is 5.75 Å². The Balaban J connectivity index is 2.94. The van der Waals surface area contributed by atoms with E-state index < -0.39 is 0 Å². The average Bonchev–Trinajstić information content (AvgIpc) is 2.35. The van der Waals surface area contributed by atoms with Gasteiger partial charge in [-0.3, -0.25) is 0 Å². The van der Waals surface area contributed by atoms with Crippen LogP contribution in [0.2, 0.25) is 0 Å². The number of aromatic nitrogens is 2. The molecule has 0 aliphatic rings. The fourth-order valence-electron chi connectivity index (χ4n) is 1.46. The van der Waals surface area contributed by atoms with Gasteiger partial charge in [-0.25, -0.2) is 9.97 Å². The Hall–Kier alpha value is -1.52. The molecule has 0 aliphatic carbocycles. The van der Waals surface area contributed by atoms with Crippen molar-refractivity contribution in [2.75, 3.05) is 24.3 Å². The number of nitrogens with zero attached hydrogens (tertiary/aromatic N) is 2. The lowest BCUT2D eigenvalue weighted by Crippen LogP contribution is -2.31. The van der Waals surface area contributed by atoms with Crippen molar-refractivity contribution >= 4 is 11.6 Å². The highest BCUT2D eigenvalue weighted by atomic mass is 16.5. The van der Waals surface area contributed by atoms with Crippen molar-refractivity contribution in [2.45, 2.75) is 47.1 Å². The van der Waals surface area contributed by atoms with Crippen LogP contribution in [0.25, 0.3) is 0 Å². The van der Waals surface area contributed by atoms with Crippen molar-refractivity contribution in [3.05, 3.63) is 6.33 Å². The second-order valence-corrected chi connectivity index (χ2v) is 5.76. The number of hydrogen-bond donors (Lipinski definition) is 2. The van der Waals surface area contributed by atoms with Gasteiger partial charge in [-0.1, -0.05) is 27.7 Å². The monoisotopic (exact) mass is 266 g/mol. The van der Waals surface area contributed by atoms with Gasteiger partial charge in [0.15, 0.2) is 11.6 Å². The van der Waals surface area contributed by atoms with Crippen molar-refractivity contribution in [3.8, 4) is 5.75 Å². The largest absolute Gasteiger partial charge is 0.490 e. The Morgan fingerprint density at radius 1 is 1.26 bits per heavy atom. The second kappa shape index (κ2) is 6.59. The van der Waals surface area contributed by atoms with Gasteiger partial charge in [-0.15, -0.1) is 0 Å². The van der Waals surface area contributed by atoms with Crippen molar-refractivity contribution < 1.29 is 4.74 Å². The molecule has 0 bridgehead atoms. The van der Waals surface area contributed by atoms with Crippen LogP contribution in [0.15, 0.2) is 6.33 Å². The molecule has 0 aliphatic heterocycles. The van der Waals surface area contributed by atoms with Crippen LogP contribution >= 0.6 is 0 Å². The minimum Gasteiger partial charge on any atom is -0.490 e. The molecule has 0 aromatic carbocycles. The van der Waals surface area contributed by atoms with Crippen molar-refractivity contribution in [1.29, 1.82) is 0 Å². The molecule has 1 rings (SSSR count). The van der Waals surface area contributed by atoms with Gasteiger partial charge < -0.3 is 15.4 Å². The molecule has 5 nitrogen and oxygen atoms in total. The van der Waals surface area contributed by atoms with Gasteiger partial charge in [0.05, 0.1) is 7.11 Å². The van der Waals surface area contributed by atoms with Gasteiger partial charge in [-0.05, 0) is 18.8 Å². The van der Waals surface area contributed by atoms with Gasteiger partial charge in [-0.2, -0.15) is 0 Å². The number of nitrogens with one attached hydrogen (secondary N) is 2. The third-order valence-corrected chi connectivity index (χ3v) is 3.20. The zero-order valence-electron chi connectivity index (χ0n) is 12.9. The molecule has 0 amide bonds. The molecule has 1 heterocycles. The highest BCUT2D eigenvalue weighted by Gasteiger charge is 2.22. The Morgan fingerprint density at radius 3 is 2.42 bits per heavy atom. The molecule has 1 unspecified atom stereocenters. The van der Waals surface area contributed by atoms with E-state index in [2.05, 4.69) is 55.2 Å². The molecule has 0 fully saturated rings. The molecular weight excluding hydrogens is 240 g/mol. The molecule has 1 atom stereocenters. The highest BCUT2D eigenvalue weighted by molar-refractivity contribution is 5.63. The molecule has 1 aromatic heterocycles. The zero-order valence-corrected chi connectivity index (χ0v) is 12.9. The fourth-order valence-corrected chi connectivity index (χ4v) is 1.46. The summed E-state index contributed by atoms with van der Waals surface area (Å²) in [5.41, 5.74) is 0.146. The van der Waals surface area contributed by atoms with E-state index >= 15 is 0 Å². The predicted octanol–water partition coefficient (Wildman–Crippen LogP) is 3.15. The van der Waals surface area contributed by atoms with Crippen LogP contribution in [-0.2, 0) is 0 Å². The summed E-state index contributed by atoms with van der Waals surface area (Å²) >= 11 is 0. The van der Waals surface area contributed by atoms with Gasteiger partial charge >= 0.3 is 0 Å². The summed E-state index contributed by atoms with van der Waals surface area (Å²) in [4.78, 5) is 8.51. The van der Waals surface area contributed by atoms with Gasteiger partial charge in [0.25, 0.3) is 0 Å². The first-order chi connectivity index (χ1) is 8.90. The van der Waals surface area contributed by atoms with E-state index in [1.54, 1.807) is 13.4 Å². The van der Waals surface area contributed by atoms with Crippen LogP contribution in [-0.4, -0.2) is 29.7 Å². The molecule has 1 aromatic rings. The van der Waals surface area contributed by atoms with Crippen LogP contribution in [0.1, 0.15) is 41.0 Å². The minimum atomic E-state index is 0.146. The van der Waals surface area contributed by atoms with Crippen molar-refractivity contribution in [1.82, 2.24) is 9.97 Å². The SMILES string of the molecule is CCCNc1ncnc(NC(C)C(C)(C)C)c1OC. The van der Waals surface area contributed by atoms with Gasteiger partial charge in [0.2, 0.25) is 5.75 Å². The first-order valence-electron chi connectivity index (χ1n) is 6.79. The van der Waals surface area contributed by atoms with E-state index in [9.17, 15) is 0 Å². The summed E-state index contributed by atoms with van der Waals surface area (Å²) in [6.07, 6.45) is 2.59. The smallest absolute Gasteiger partial charge is 0.204 e.